The maximum Gasteiger partial charge on any atom is 0.0273 e. The Morgan fingerprint density at radius 1 is 1.00 bits per heavy atom. The number of rotatable bonds is 5. The first kappa shape index (κ1) is 12.8. The molecule has 0 amide bonds. The maximum atomic E-state index is 4.04. The predicted octanol–water partition coefficient (Wildman–Crippen LogP) is 3.29. The minimum Gasteiger partial charge on any atom is -0.317 e. The molecule has 0 bridgehead atoms. The lowest BCUT2D eigenvalue weighted by atomic mass is 10.0. The summed E-state index contributed by atoms with van der Waals surface area (Å²) in [5.74, 6) is 0. The van der Waals surface area contributed by atoms with E-state index in [1.165, 1.54) is 23.1 Å². The van der Waals surface area contributed by atoms with Crippen molar-refractivity contribution in [3.8, 4) is 11.1 Å². The maximum absolute atomic E-state index is 4.04. The van der Waals surface area contributed by atoms with Crippen molar-refractivity contribution in [1.29, 1.82) is 0 Å². The van der Waals surface area contributed by atoms with Crippen LogP contribution >= 0.6 is 0 Å². The normalized spacial score (nSPS) is 12.3. The fraction of sp³-hybridized carbons (Fsp3) is 0.312. The van der Waals surface area contributed by atoms with E-state index in [2.05, 4.69) is 41.5 Å². The summed E-state index contributed by atoms with van der Waals surface area (Å²) in [5, 5.41) is 3.27. The van der Waals surface area contributed by atoms with E-state index in [0.29, 0.717) is 6.04 Å². The van der Waals surface area contributed by atoms with E-state index in [4.69, 9.17) is 0 Å². The number of benzene rings is 1. The van der Waals surface area contributed by atoms with Crippen molar-refractivity contribution < 1.29 is 0 Å². The van der Waals surface area contributed by atoms with Gasteiger partial charge >= 0.3 is 0 Å². The molecular formula is C16H20N2. The first-order valence-electron chi connectivity index (χ1n) is 6.46. The minimum atomic E-state index is 0.574. The number of nitrogens with zero attached hydrogens (tertiary/aromatic N) is 1. The lowest BCUT2D eigenvalue weighted by Gasteiger charge is -2.10. The van der Waals surface area contributed by atoms with Gasteiger partial charge in [-0.15, -0.1) is 0 Å². The van der Waals surface area contributed by atoms with Crippen LogP contribution in [0.5, 0.6) is 0 Å². The smallest absolute Gasteiger partial charge is 0.0273 e. The molecule has 1 aromatic carbocycles. The Kier molecular flexibility index (Phi) is 4.48. The lowest BCUT2D eigenvalue weighted by Crippen LogP contribution is -2.21. The molecule has 18 heavy (non-hydrogen) atoms. The largest absolute Gasteiger partial charge is 0.317 e. The number of aryl methyl sites for hydroxylation is 1. The van der Waals surface area contributed by atoms with Gasteiger partial charge in [0.2, 0.25) is 0 Å². The molecule has 0 spiro atoms. The van der Waals surface area contributed by atoms with Gasteiger partial charge in [0.05, 0.1) is 0 Å². The second-order valence-corrected chi connectivity index (χ2v) is 4.66. The predicted molar refractivity (Wildman–Crippen MR) is 76.5 cm³/mol. The molecule has 0 aliphatic rings. The summed E-state index contributed by atoms with van der Waals surface area (Å²) >= 11 is 0. The molecule has 1 N–H and O–H groups in total. The fourth-order valence-corrected chi connectivity index (χ4v) is 1.94. The molecule has 2 rings (SSSR count). The molecule has 1 atom stereocenters. The molecule has 2 heteroatoms. The molecule has 0 aliphatic heterocycles. The van der Waals surface area contributed by atoms with Gasteiger partial charge in [-0.25, -0.2) is 0 Å². The summed E-state index contributed by atoms with van der Waals surface area (Å²) in [5.41, 5.74) is 3.87. The summed E-state index contributed by atoms with van der Waals surface area (Å²) in [6.45, 7) is 2.21. The van der Waals surface area contributed by atoms with Gasteiger partial charge in [-0.2, -0.15) is 0 Å². The van der Waals surface area contributed by atoms with Gasteiger partial charge in [0.1, 0.15) is 0 Å². The van der Waals surface area contributed by atoms with Crippen LogP contribution in [0.1, 0.15) is 18.9 Å². The van der Waals surface area contributed by atoms with Crippen molar-refractivity contribution in [1.82, 2.24) is 10.3 Å². The van der Waals surface area contributed by atoms with Gasteiger partial charge in [0.15, 0.2) is 0 Å². The van der Waals surface area contributed by atoms with E-state index in [1.807, 2.05) is 31.6 Å². The summed E-state index contributed by atoms with van der Waals surface area (Å²) < 4.78 is 0. The van der Waals surface area contributed by atoms with E-state index >= 15 is 0 Å². The highest BCUT2D eigenvalue weighted by Crippen LogP contribution is 2.19. The molecular weight excluding hydrogens is 220 g/mol. The molecule has 0 saturated carbocycles. The summed E-state index contributed by atoms with van der Waals surface area (Å²) in [6.07, 6.45) is 5.96. The van der Waals surface area contributed by atoms with E-state index in [0.717, 1.165) is 6.42 Å². The fourth-order valence-electron chi connectivity index (χ4n) is 1.94. The quantitative estimate of drug-likeness (QED) is 0.867. The zero-order valence-corrected chi connectivity index (χ0v) is 11.1. The molecule has 0 aliphatic carbocycles. The molecule has 2 nitrogen and oxygen atoms in total. The zero-order valence-electron chi connectivity index (χ0n) is 11.1. The van der Waals surface area contributed by atoms with Crippen LogP contribution in [0.3, 0.4) is 0 Å². The Bertz CT molecular complexity index is 462. The summed E-state index contributed by atoms with van der Waals surface area (Å²) in [6, 6.07) is 13.5. The second-order valence-electron chi connectivity index (χ2n) is 4.66. The van der Waals surface area contributed by atoms with Crippen molar-refractivity contribution >= 4 is 0 Å². The van der Waals surface area contributed by atoms with Crippen molar-refractivity contribution in [3.63, 3.8) is 0 Å². The monoisotopic (exact) mass is 240 g/mol. The molecule has 1 unspecified atom stereocenters. The van der Waals surface area contributed by atoms with Crippen LogP contribution in [-0.4, -0.2) is 18.1 Å². The minimum absolute atomic E-state index is 0.574. The van der Waals surface area contributed by atoms with Crippen LogP contribution in [0.25, 0.3) is 11.1 Å². The van der Waals surface area contributed by atoms with Crippen LogP contribution < -0.4 is 5.32 Å². The molecule has 0 saturated heterocycles. The van der Waals surface area contributed by atoms with E-state index in [-0.39, 0.29) is 0 Å². The van der Waals surface area contributed by atoms with Crippen molar-refractivity contribution in [2.75, 3.05) is 7.05 Å². The Balaban J connectivity index is 2.02. The Morgan fingerprint density at radius 2 is 1.61 bits per heavy atom. The first-order valence-corrected chi connectivity index (χ1v) is 6.46. The molecule has 0 radical (unpaired) electrons. The summed E-state index contributed by atoms with van der Waals surface area (Å²) in [4.78, 5) is 4.04. The summed E-state index contributed by atoms with van der Waals surface area (Å²) in [7, 11) is 2.01. The van der Waals surface area contributed by atoms with Crippen LogP contribution in [0.2, 0.25) is 0 Å². The van der Waals surface area contributed by atoms with E-state index in [9.17, 15) is 0 Å². The number of nitrogens with one attached hydrogen (secondary N) is 1. The van der Waals surface area contributed by atoms with Crippen LogP contribution in [0, 0.1) is 0 Å². The molecule has 94 valence electrons. The highest BCUT2D eigenvalue weighted by Gasteiger charge is 2.00. The number of hydrogen-bond acceptors (Lipinski definition) is 2. The SMILES string of the molecule is CNC(C)CCc1ccc(-c2ccncc2)cc1. The van der Waals surface area contributed by atoms with Crippen LogP contribution in [-0.2, 0) is 6.42 Å². The van der Waals surface area contributed by atoms with Gasteiger partial charge < -0.3 is 5.32 Å². The van der Waals surface area contributed by atoms with Crippen molar-refractivity contribution in [3.05, 3.63) is 54.4 Å². The Labute approximate surface area is 109 Å². The Hall–Kier alpha value is -1.67. The highest BCUT2D eigenvalue weighted by atomic mass is 14.8. The zero-order chi connectivity index (χ0) is 12.8. The van der Waals surface area contributed by atoms with Crippen molar-refractivity contribution in [2.45, 2.75) is 25.8 Å². The van der Waals surface area contributed by atoms with Crippen LogP contribution in [0.4, 0.5) is 0 Å². The lowest BCUT2D eigenvalue weighted by molar-refractivity contribution is 0.565. The van der Waals surface area contributed by atoms with Crippen molar-refractivity contribution in [2.24, 2.45) is 0 Å². The van der Waals surface area contributed by atoms with Gasteiger partial charge in [-0.1, -0.05) is 24.3 Å². The van der Waals surface area contributed by atoms with Gasteiger partial charge in [0, 0.05) is 18.4 Å². The third-order valence-corrected chi connectivity index (χ3v) is 3.33. The number of hydrogen-bond donors (Lipinski definition) is 1. The molecule has 0 fully saturated rings. The number of aromatic nitrogens is 1. The first-order chi connectivity index (χ1) is 8.79. The van der Waals surface area contributed by atoms with Gasteiger partial charge in [-0.05, 0) is 55.6 Å². The van der Waals surface area contributed by atoms with Gasteiger partial charge in [0.25, 0.3) is 0 Å². The van der Waals surface area contributed by atoms with E-state index in [1.54, 1.807) is 0 Å². The van der Waals surface area contributed by atoms with E-state index < -0.39 is 0 Å². The third-order valence-electron chi connectivity index (χ3n) is 3.33. The standard InChI is InChI=1S/C16H20N2/c1-13(17-2)3-4-14-5-7-15(8-6-14)16-9-11-18-12-10-16/h5-13,17H,3-4H2,1-2H3. The third kappa shape index (κ3) is 3.41. The second kappa shape index (κ2) is 6.31. The topological polar surface area (TPSA) is 24.9 Å². The average Bonchev–Trinajstić information content (AvgIpc) is 2.46. The Morgan fingerprint density at radius 3 is 2.22 bits per heavy atom. The molecule has 2 aromatic rings. The molecule has 1 heterocycles. The molecule has 1 aromatic heterocycles. The highest BCUT2D eigenvalue weighted by molar-refractivity contribution is 5.62. The average molecular weight is 240 g/mol. The van der Waals surface area contributed by atoms with Crippen LogP contribution in [0.15, 0.2) is 48.8 Å². The van der Waals surface area contributed by atoms with Gasteiger partial charge in [-0.3, -0.25) is 4.98 Å². The number of pyridine rings is 1.